The number of hydrogen-bond donors (Lipinski definition) is 2. The molecule has 1 saturated carbocycles. The number of aromatic carboxylic acids is 1. The van der Waals surface area contributed by atoms with Gasteiger partial charge in [0.15, 0.2) is 0 Å². The highest BCUT2D eigenvalue weighted by Crippen LogP contribution is 2.32. The second-order valence-corrected chi connectivity index (χ2v) is 10.7. The van der Waals surface area contributed by atoms with Crippen molar-refractivity contribution in [2.24, 2.45) is 5.41 Å². The lowest BCUT2D eigenvalue weighted by Crippen LogP contribution is -2.31. The number of anilines is 1. The van der Waals surface area contributed by atoms with Gasteiger partial charge in [-0.1, -0.05) is 11.8 Å². The highest BCUT2D eigenvalue weighted by Gasteiger charge is 2.25. The SMILES string of the molecule is CN(C)Cc1ccncc1O[C@H]1CC[C@H](Nc2cc(C#CC(C)(C)C)sc2C(=O)O)CC1. The summed E-state index contributed by atoms with van der Waals surface area (Å²) in [4.78, 5) is 19.2. The Balaban J connectivity index is 1.61. The summed E-state index contributed by atoms with van der Waals surface area (Å²) in [5.41, 5.74) is 1.68. The lowest BCUT2D eigenvalue weighted by Gasteiger charge is -2.30. The Morgan fingerprint density at radius 1 is 1.31 bits per heavy atom. The Morgan fingerprint density at radius 2 is 2.03 bits per heavy atom. The van der Waals surface area contributed by atoms with Crippen LogP contribution >= 0.6 is 11.3 Å². The molecule has 0 amide bonds. The number of nitrogens with zero attached hydrogens (tertiary/aromatic N) is 2. The summed E-state index contributed by atoms with van der Waals surface area (Å²) in [7, 11) is 4.08. The van der Waals surface area contributed by atoms with E-state index in [1.807, 2.05) is 47.0 Å². The number of ether oxygens (including phenoxy) is 1. The predicted octanol–water partition coefficient (Wildman–Crippen LogP) is 5.10. The summed E-state index contributed by atoms with van der Waals surface area (Å²) in [5, 5.41) is 13.1. The van der Waals surface area contributed by atoms with Crippen LogP contribution in [0.2, 0.25) is 0 Å². The Bertz CT molecular complexity index is 990. The van der Waals surface area contributed by atoms with Gasteiger partial charge in [-0.3, -0.25) is 4.98 Å². The number of thiophene rings is 1. The van der Waals surface area contributed by atoms with Crippen molar-refractivity contribution in [1.82, 2.24) is 9.88 Å². The molecule has 2 aromatic heterocycles. The zero-order chi connectivity index (χ0) is 23.3. The summed E-state index contributed by atoms with van der Waals surface area (Å²) in [6, 6.07) is 4.10. The highest BCUT2D eigenvalue weighted by atomic mass is 32.1. The van der Waals surface area contributed by atoms with E-state index in [9.17, 15) is 9.90 Å². The first kappa shape index (κ1) is 24.1. The van der Waals surface area contributed by atoms with Gasteiger partial charge in [0.05, 0.1) is 22.9 Å². The van der Waals surface area contributed by atoms with Crippen LogP contribution in [-0.2, 0) is 6.54 Å². The second-order valence-electron chi connectivity index (χ2n) is 9.62. The van der Waals surface area contributed by atoms with E-state index in [0.717, 1.165) is 48.4 Å². The van der Waals surface area contributed by atoms with E-state index in [0.29, 0.717) is 10.6 Å². The van der Waals surface area contributed by atoms with E-state index >= 15 is 0 Å². The number of pyridine rings is 1. The molecule has 6 nitrogen and oxygen atoms in total. The molecule has 0 saturated heterocycles. The highest BCUT2D eigenvalue weighted by molar-refractivity contribution is 7.15. The van der Waals surface area contributed by atoms with Crippen molar-refractivity contribution in [3.63, 3.8) is 0 Å². The molecule has 1 aliphatic carbocycles. The molecule has 7 heteroatoms. The normalized spacial score (nSPS) is 18.7. The third-order valence-electron chi connectivity index (χ3n) is 5.17. The molecule has 0 bridgehead atoms. The fourth-order valence-corrected chi connectivity index (χ4v) is 4.49. The summed E-state index contributed by atoms with van der Waals surface area (Å²) in [6.07, 6.45) is 7.42. The zero-order valence-corrected chi connectivity index (χ0v) is 20.4. The van der Waals surface area contributed by atoms with Crippen molar-refractivity contribution in [1.29, 1.82) is 0 Å². The fourth-order valence-electron chi connectivity index (χ4n) is 3.68. The molecule has 3 rings (SSSR count). The number of aromatic nitrogens is 1. The Hall–Kier alpha value is -2.56. The maximum absolute atomic E-state index is 11.7. The Labute approximate surface area is 195 Å². The van der Waals surface area contributed by atoms with Gasteiger partial charge in [-0.15, -0.1) is 11.3 Å². The lowest BCUT2D eigenvalue weighted by molar-refractivity contribution is 0.0703. The van der Waals surface area contributed by atoms with Gasteiger partial charge in [0.1, 0.15) is 10.6 Å². The van der Waals surface area contributed by atoms with Crippen LogP contribution in [0, 0.1) is 17.3 Å². The molecule has 0 spiro atoms. The quantitative estimate of drug-likeness (QED) is 0.566. The molecule has 2 aromatic rings. The van der Waals surface area contributed by atoms with Crippen LogP contribution in [0.15, 0.2) is 24.5 Å². The first-order valence-electron chi connectivity index (χ1n) is 11.0. The molecule has 0 atom stereocenters. The number of carboxylic acids is 1. The zero-order valence-electron chi connectivity index (χ0n) is 19.6. The maximum Gasteiger partial charge on any atom is 0.348 e. The van der Waals surface area contributed by atoms with Crippen molar-refractivity contribution in [3.05, 3.63) is 39.8 Å². The maximum atomic E-state index is 11.7. The predicted molar refractivity (Wildman–Crippen MR) is 130 cm³/mol. The van der Waals surface area contributed by atoms with Crippen molar-refractivity contribution in [3.8, 4) is 17.6 Å². The first-order chi connectivity index (χ1) is 15.1. The monoisotopic (exact) mass is 455 g/mol. The summed E-state index contributed by atoms with van der Waals surface area (Å²) in [5.74, 6) is 6.25. The van der Waals surface area contributed by atoms with E-state index in [4.69, 9.17) is 4.74 Å². The van der Waals surface area contributed by atoms with Gasteiger partial charge in [0, 0.05) is 29.8 Å². The molecule has 0 aromatic carbocycles. The van der Waals surface area contributed by atoms with Crippen LogP contribution in [-0.4, -0.2) is 47.2 Å². The number of carboxylic acid groups (broad SMARTS) is 1. The third-order valence-corrected chi connectivity index (χ3v) is 6.21. The number of nitrogens with one attached hydrogen (secondary N) is 1. The van der Waals surface area contributed by atoms with Gasteiger partial charge in [0.25, 0.3) is 0 Å². The molecule has 32 heavy (non-hydrogen) atoms. The molecule has 0 aliphatic heterocycles. The minimum Gasteiger partial charge on any atom is -0.488 e. The minimum atomic E-state index is -0.914. The van der Waals surface area contributed by atoms with Gasteiger partial charge in [0.2, 0.25) is 0 Å². The first-order valence-corrected chi connectivity index (χ1v) is 11.8. The topological polar surface area (TPSA) is 74.7 Å². The van der Waals surface area contributed by atoms with E-state index in [-0.39, 0.29) is 17.6 Å². The van der Waals surface area contributed by atoms with Crippen LogP contribution in [0.1, 0.15) is 66.6 Å². The van der Waals surface area contributed by atoms with Crippen molar-refractivity contribution in [2.45, 2.75) is 65.1 Å². The van der Waals surface area contributed by atoms with Gasteiger partial charge >= 0.3 is 5.97 Å². The van der Waals surface area contributed by atoms with Gasteiger partial charge in [-0.25, -0.2) is 4.79 Å². The molecular weight excluding hydrogens is 422 g/mol. The molecule has 172 valence electrons. The Kier molecular flexibility index (Phi) is 7.81. The van der Waals surface area contributed by atoms with E-state index in [1.165, 1.54) is 11.3 Å². The second kappa shape index (κ2) is 10.4. The van der Waals surface area contributed by atoms with Crippen LogP contribution in [0.25, 0.3) is 0 Å². The standard InChI is InChI=1S/C25H33N3O3S/c1-25(2,3)12-10-20-14-21(23(32-20)24(29)30)27-18-6-8-19(9-7-18)31-22-15-26-13-11-17(22)16-28(4)5/h11,13-15,18-19,27H,6-9,16H2,1-5H3,(H,29,30)/t18-,19-. The van der Waals surface area contributed by atoms with Crippen LogP contribution in [0.3, 0.4) is 0 Å². The van der Waals surface area contributed by atoms with E-state index in [1.54, 1.807) is 12.4 Å². The summed E-state index contributed by atoms with van der Waals surface area (Å²) >= 11 is 1.23. The molecule has 1 fully saturated rings. The largest absolute Gasteiger partial charge is 0.488 e. The van der Waals surface area contributed by atoms with Gasteiger partial charge in [-0.2, -0.15) is 0 Å². The Morgan fingerprint density at radius 3 is 2.66 bits per heavy atom. The van der Waals surface area contributed by atoms with Crippen molar-refractivity contribution in [2.75, 3.05) is 19.4 Å². The van der Waals surface area contributed by atoms with Crippen molar-refractivity contribution < 1.29 is 14.6 Å². The molecule has 1 aliphatic rings. The number of rotatable bonds is 7. The van der Waals surface area contributed by atoms with E-state index in [2.05, 4.69) is 27.0 Å². The smallest absolute Gasteiger partial charge is 0.348 e. The van der Waals surface area contributed by atoms with E-state index < -0.39 is 5.97 Å². The molecule has 0 radical (unpaired) electrons. The van der Waals surface area contributed by atoms with Crippen molar-refractivity contribution >= 4 is 23.0 Å². The van der Waals surface area contributed by atoms with Crippen LogP contribution in [0.5, 0.6) is 5.75 Å². The summed E-state index contributed by atoms with van der Waals surface area (Å²) < 4.78 is 6.29. The van der Waals surface area contributed by atoms with Crippen LogP contribution < -0.4 is 10.1 Å². The average molecular weight is 456 g/mol. The number of carbonyl (C=O) groups is 1. The third kappa shape index (κ3) is 6.98. The molecule has 2 N–H and O–H groups in total. The fraction of sp³-hybridized carbons (Fsp3) is 0.520. The minimum absolute atomic E-state index is 0.125. The average Bonchev–Trinajstić information content (AvgIpc) is 3.12. The molecular formula is C25H33N3O3S. The van der Waals surface area contributed by atoms with Gasteiger partial charge in [-0.05, 0) is 72.7 Å². The lowest BCUT2D eigenvalue weighted by atomic mass is 9.92. The molecule has 0 unspecified atom stereocenters. The van der Waals surface area contributed by atoms with Gasteiger partial charge < -0.3 is 20.1 Å². The number of hydrogen-bond acceptors (Lipinski definition) is 6. The summed E-state index contributed by atoms with van der Waals surface area (Å²) in [6.45, 7) is 6.94. The van der Waals surface area contributed by atoms with Crippen LogP contribution in [0.4, 0.5) is 5.69 Å². The molecule has 2 heterocycles.